The zero-order valence-corrected chi connectivity index (χ0v) is 7.36. The second-order valence-electron chi connectivity index (χ2n) is 3.30. The fraction of sp³-hybridized carbons (Fsp3) is 0.444. The molecule has 70 valence electrons. The second kappa shape index (κ2) is 3.32. The Balaban J connectivity index is 2.31. The van der Waals surface area contributed by atoms with Crippen LogP contribution in [-0.4, -0.2) is 17.7 Å². The summed E-state index contributed by atoms with van der Waals surface area (Å²) in [5, 5.41) is 3.13. The van der Waals surface area contributed by atoms with E-state index in [0.717, 1.165) is 18.7 Å². The summed E-state index contributed by atoms with van der Waals surface area (Å²) in [7, 11) is 0. The predicted octanol–water partition coefficient (Wildman–Crippen LogP) is -0.549. The molecule has 0 aliphatic carbocycles. The Morgan fingerprint density at radius 3 is 2.85 bits per heavy atom. The van der Waals surface area contributed by atoms with Crippen molar-refractivity contribution in [2.45, 2.75) is 12.6 Å². The molecule has 0 atom stereocenters. The van der Waals surface area contributed by atoms with Crippen LogP contribution in [0.4, 0.5) is 0 Å². The van der Waals surface area contributed by atoms with E-state index in [1.165, 1.54) is 0 Å². The maximum absolute atomic E-state index is 11.5. The first-order valence-electron chi connectivity index (χ1n) is 4.43. The van der Waals surface area contributed by atoms with Gasteiger partial charge in [0.1, 0.15) is 0 Å². The van der Waals surface area contributed by atoms with Crippen LogP contribution in [0, 0.1) is 0 Å². The number of rotatable bonds is 2. The van der Waals surface area contributed by atoms with Crippen molar-refractivity contribution in [2.24, 2.45) is 5.73 Å². The molecule has 0 spiro atoms. The van der Waals surface area contributed by atoms with Gasteiger partial charge < -0.3 is 15.6 Å². The number of nitrogens with two attached hydrogens (primary N) is 1. The van der Waals surface area contributed by atoms with Gasteiger partial charge >= 0.3 is 0 Å². The molecule has 1 saturated heterocycles. The third kappa shape index (κ3) is 1.50. The number of aromatic nitrogens is 1. The minimum absolute atomic E-state index is 0.0504. The van der Waals surface area contributed by atoms with Crippen LogP contribution in [0.2, 0.25) is 0 Å². The summed E-state index contributed by atoms with van der Waals surface area (Å²) in [5.41, 5.74) is 6.38. The van der Waals surface area contributed by atoms with E-state index in [9.17, 15) is 4.79 Å². The molecule has 1 aromatic heterocycles. The molecule has 0 radical (unpaired) electrons. The Labute approximate surface area is 76.4 Å². The molecular formula is C9H13N3O. The highest BCUT2D eigenvalue weighted by Crippen LogP contribution is 2.08. The Kier molecular flexibility index (Phi) is 2.16. The standard InChI is InChI=1S/C9H13N3O/c10-4-7-1-2-12(9(13)3-7)8-5-11-6-8/h1-3,8,11H,4-6,10H2. The molecule has 0 unspecified atom stereocenters. The minimum atomic E-state index is 0.0504. The number of hydrogen-bond donors (Lipinski definition) is 2. The third-order valence-corrected chi connectivity index (χ3v) is 2.40. The van der Waals surface area contributed by atoms with Gasteiger partial charge in [-0.05, 0) is 11.6 Å². The van der Waals surface area contributed by atoms with E-state index in [1.54, 1.807) is 10.6 Å². The van der Waals surface area contributed by atoms with Crippen LogP contribution in [0.1, 0.15) is 11.6 Å². The SMILES string of the molecule is NCc1ccn(C2CNC2)c(=O)c1. The van der Waals surface area contributed by atoms with E-state index >= 15 is 0 Å². The van der Waals surface area contributed by atoms with Crippen LogP contribution in [0.25, 0.3) is 0 Å². The highest BCUT2D eigenvalue weighted by molar-refractivity contribution is 5.11. The van der Waals surface area contributed by atoms with Crippen molar-refractivity contribution >= 4 is 0 Å². The summed E-state index contributed by atoms with van der Waals surface area (Å²) in [5.74, 6) is 0. The average molecular weight is 179 g/mol. The summed E-state index contributed by atoms with van der Waals surface area (Å²) >= 11 is 0. The number of nitrogens with one attached hydrogen (secondary N) is 1. The highest BCUT2D eigenvalue weighted by Gasteiger charge is 2.18. The van der Waals surface area contributed by atoms with Crippen LogP contribution < -0.4 is 16.6 Å². The molecule has 0 bridgehead atoms. The van der Waals surface area contributed by atoms with Crippen LogP contribution in [0.15, 0.2) is 23.1 Å². The molecular weight excluding hydrogens is 166 g/mol. The van der Waals surface area contributed by atoms with E-state index in [4.69, 9.17) is 5.73 Å². The summed E-state index contributed by atoms with van der Waals surface area (Å²) < 4.78 is 1.76. The first-order chi connectivity index (χ1) is 6.31. The van der Waals surface area contributed by atoms with Crippen molar-refractivity contribution < 1.29 is 0 Å². The zero-order chi connectivity index (χ0) is 9.26. The zero-order valence-electron chi connectivity index (χ0n) is 7.36. The first-order valence-corrected chi connectivity index (χ1v) is 4.43. The largest absolute Gasteiger partial charge is 0.326 e. The lowest BCUT2D eigenvalue weighted by Crippen LogP contribution is -2.46. The van der Waals surface area contributed by atoms with Crippen molar-refractivity contribution in [3.63, 3.8) is 0 Å². The van der Waals surface area contributed by atoms with Crippen LogP contribution in [0.3, 0.4) is 0 Å². The lowest BCUT2D eigenvalue weighted by Gasteiger charge is -2.29. The maximum Gasteiger partial charge on any atom is 0.251 e. The molecule has 1 fully saturated rings. The summed E-state index contributed by atoms with van der Waals surface area (Å²) in [6.45, 7) is 2.21. The van der Waals surface area contributed by atoms with Crippen molar-refractivity contribution in [2.75, 3.05) is 13.1 Å². The Hall–Kier alpha value is -1.13. The quantitative estimate of drug-likeness (QED) is 0.640. The Morgan fingerprint density at radius 2 is 2.38 bits per heavy atom. The number of pyridine rings is 1. The van der Waals surface area contributed by atoms with E-state index in [0.29, 0.717) is 12.6 Å². The van der Waals surface area contributed by atoms with Crippen LogP contribution in [-0.2, 0) is 6.54 Å². The van der Waals surface area contributed by atoms with Gasteiger partial charge in [-0.1, -0.05) is 0 Å². The fourth-order valence-corrected chi connectivity index (χ4v) is 1.43. The molecule has 1 aromatic rings. The predicted molar refractivity (Wildman–Crippen MR) is 50.5 cm³/mol. The smallest absolute Gasteiger partial charge is 0.251 e. The van der Waals surface area contributed by atoms with Crippen molar-refractivity contribution in [1.82, 2.24) is 9.88 Å². The van der Waals surface area contributed by atoms with Gasteiger partial charge in [-0.2, -0.15) is 0 Å². The van der Waals surface area contributed by atoms with Gasteiger partial charge in [-0.15, -0.1) is 0 Å². The lowest BCUT2D eigenvalue weighted by molar-refractivity contribution is 0.336. The van der Waals surface area contributed by atoms with Crippen molar-refractivity contribution in [3.8, 4) is 0 Å². The molecule has 1 aliphatic heterocycles. The average Bonchev–Trinajstić information content (AvgIpc) is 2.05. The number of nitrogens with zero attached hydrogens (tertiary/aromatic N) is 1. The fourth-order valence-electron chi connectivity index (χ4n) is 1.43. The second-order valence-corrected chi connectivity index (χ2v) is 3.30. The molecule has 4 nitrogen and oxygen atoms in total. The van der Waals surface area contributed by atoms with E-state index in [-0.39, 0.29) is 5.56 Å². The molecule has 0 aromatic carbocycles. The third-order valence-electron chi connectivity index (χ3n) is 2.40. The number of hydrogen-bond acceptors (Lipinski definition) is 3. The molecule has 4 heteroatoms. The Bertz CT molecular complexity index is 354. The molecule has 0 amide bonds. The molecule has 3 N–H and O–H groups in total. The summed E-state index contributed by atoms with van der Waals surface area (Å²) in [6, 6.07) is 3.84. The van der Waals surface area contributed by atoms with E-state index in [2.05, 4.69) is 5.32 Å². The van der Waals surface area contributed by atoms with Crippen molar-refractivity contribution in [1.29, 1.82) is 0 Å². The molecule has 13 heavy (non-hydrogen) atoms. The van der Waals surface area contributed by atoms with Gasteiger partial charge in [0.15, 0.2) is 0 Å². The van der Waals surface area contributed by atoms with Gasteiger partial charge in [0, 0.05) is 31.9 Å². The van der Waals surface area contributed by atoms with Gasteiger partial charge in [0.05, 0.1) is 6.04 Å². The lowest BCUT2D eigenvalue weighted by atomic mass is 10.1. The maximum atomic E-state index is 11.5. The highest BCUT2D eigenvalue weighted by atomic mass is 16.1. The molecule has 0 saturated carbocycles. The normalized spacial score (nSPS) is 17.0. The van der Waals surface area contributed by atoms with Gasteiger partial charge in [-0.25, -0.2) is 0 Å². The van der Waals surface area contributed by atoms with Gasteiger partial charge in [0.25, 0.3) is 5.56 Å². The summed E-state index contributed by atoms with van der Waals surface area (Å²) in [4.78, 5) is 11.5. The molecule has 1 aliphatic rings. The Morgan fingerprint density at radius 1 is 1.62 bits per heavy atom. The van der Waals surface area contributed by atoms with E-state index in [1.807, 2.05) is 12.3 Å². The summed E-state index contributed by atoms with van der Waals surface area (Å²) in [6.07, 6.45) is 1.83. The monoisotopic (exact) mass is 179 g/mol. The van der Waals surface area contributed by atoms with Crippen LogP contribution >= 0.6 is 0 Å². The first kappa shape index (κ1) is 8.47. The van der Waals surface area contributed by atoms with Gasteiger partial charge in [0.2, 0.25) is 0 Å². The molecule has 2 heterocycles. The molecule has 2 rings (SSSR count). The van der Waals surface area contributed by atoms with Gasteiger partial charge in [-0.3, -0.25) is 4.79 Å². The van der Waals surface area contributed by atoms with Crippen LogP contribution in [0.5, 0.6) is 0 Å². The topological polar surface area (TPSA) is 60.0 Å². The minimum Gasteiger partial charge on any atom is -0.326 e. The van der Waals surface area contributed by atoms with Crippen molar-refractivity contribution in [3.05, 3.63) is 34.2 Å². The van der Waals surface area contributed by atoms with E-state index < -0.39 is 0 Å².